The molecule has 1 saturated heterocycles. The molecular weight excluding hydrogens is 398 g/mol. The zero-order valence-corrected chi connectivity index (χ0v) is 18.3. The van der Waals surface area contributed by atoms with E-state index < -0.39 is 0 Å². The Morgan fingerprint density at radius 1 is 1.23 bits per heavy atom. The van der Waals surface area contributed by atoms with Crippen molar-refractivity contribution in [3.63, 3.8) is 0 Å². The number of halogens is 1. The number of ether oxygens (including phenoxy) is 1. The number of likely N-dealkylation sites (tertiary alicyclic amines) is 1. The van der Waals surface area contributed by atoms with Crippen LogP contribution in [0.25, 0.3) is 0 Å². The second kappa shape index (κ2) is 9.49. The number of benzene rings is 1. The highest BCUT2D eigenvalue weighted by molar-refractivity contribution is 6.30. The van der Waals surface area contributed by atoms with Crippen molar-refractivity contribution in [3.8, 4) is 5.75 Å². The first-order chi connectivity index (χ1) is 14.6. The molecule has 0 saturated carbocycles. The predicted octanol–water partition coefficient (Wildman–Crippen LogP) is 4.14. The average Bonchev–Trinajstić information content (AvgIpc) is 3.38. The first kappa shape index (κ1) is 20.7. The molecule has 0 radical (unpaired) electrons. The average molecular weight is 426 g/mol. The highest BCUT2D eigenvalue weighted by Crippen LogP contribution is 2.28. The largest absolute Gasteiger partial charge is 0.493 e. The van der Waals surface area contributed by atoms with Gasteiger partial charge in [-0.3, -0.25) is 10.00 Å². The number of hydrogen-bond acceptors (Lipinski definition) is 5. The van der Waals surface area contributed by atoms with Crippen molar-refractivity contribution >= 4 is 17.4 Å². The van der Waals surface area contributed by atoms with E-state index in [0.29, 0.717) is 17.5 Å². The minimum absolute atomic E-state index is 0.461. The molecule has 1 unspecified atom stereocenters. The van der Waals surface area contributed by atoms with Gasteiger partial charge in [0.25, 0.3) is 0 Å². The Bertz CT molecular complexity index is 973. The van der Waals surface area contributed by atoms with Gasteiger partial charge in [-0.2, -0.15) is 5.10 Å². The molecule has 0 amide bonds. The number of aromatic nitrogens is 3. The van der Waals surface area contributed by atoms with Crippen molar-refractivity contribution in [2.75, 3.05) is 38.7 Å². The fraction of sp³-hybridized carbons (Fsp3) is 0.391. The van der Waals surface area contributed by atoms with E-state index in [0.717, 1.165) is 55.4 Å². The van der Waals surface area contributed by atoms with E-state index in [4.69, 9.17) is 16.3 Å². The maximum atomic E-state index is 6.00. The molecule has 30 heavy (non-hydrogen) atoms. The highest BCUT2D eigenvalue weighted by Gasteiger charge is 2.26. The monoisotopic (exact) mass is 425 g/mol. The zero-order chi connectivity index (χ0) is 20.9. The Morgan fingerprint density at radius 2 is 2.13 bits per heavy atom. The summed E-state index contributed by atoms with van der Waals surface area (Å²) in [5.41, 5.74) is 3.52. The first-order valence-electron chi connectivity index (χ1n) is 10.3. The molecule has 1 aliphatic heterocycles. The zero-order valence-electron chi connectivity index (χ0n) is 17.5. The van der Waals surface area contributed by atoms with Crippen LogP contribution in [0.1, 0.15) is 29.3 Å². The first-order valence-corrected chi connectivity index (χ1v) is 10.7. The van der Waals surface area contributed by atoms with E-state index in [-0.39, 0.29) is 0 Å². The molecule has 7 heteroatoms. The van der Waals surface area contributed by atoms with Gasteiger partial charge in [-0.15, -0.1) is 0 Å². The molecule has 0 aliphatic carbocycles. The van der Waals surface area contributed by atoms with Crippen LogP contribution in [-0.2, 0) is 13.0 Å². The Balaban J connectivity index is 1.29. The van der Waals surface area contributed by atoms with Crippen LogP contribution in [0.4, 0.5) is 5.82 Å². The van der Waals surface area contributed by atoms with Crippen molar-refractivity contribution in [2.45, 2.75) is 25.3 Å². The van der Waals surface area contributed by atoms with E-state index >= 15 is 0 Å². The highest BCUT2D eigenvalue weighted by atomic mass is 35.5. The quantitative estimate of drug-likeness (QED) is 0.588. The van der Waals surface area contributed by atoms with Crippen LogP contribution in [0, 0.1) is 0 Å². The van der Waals surface area contributed by atoms with Gasteiger partial charge in [-0.25, -0.2) is 4.98 Å². The summed E-state index contributed by atoms with van der Waals surface area (Å²) >= 11 is 6.00. The van der Waals surface area contributed by atoms with Gasteiger partial charge in [0.1, 0.15) is 11.6 Å². The molecule has 1 N–H and O–H groups in total. The van der Waals surface area contributed by atoms with E-state index in [1.807, 2.05) is 50.6 Å². The van der Waals surface area contributed by atoms with Gasteiger partial charge in [0, 0.05) is 62.0 Å². The van der Waals surface area contributed by atoms with Crippen molar-refractivity contribution < 1.29 is 4.74 Å². The summed E-state index contributed by atoms with van der Waals surface area (Å²) < 4.78 is 5.79. The number of nitrogens with one attached hydrogen (secondary N) is 1. The molecule has 1 aliphatic rings. The van der Waals surface area contributed by atoms with Crippen molar-refractivity contribution in [1.29, 1.82) is 0 Å². The van der Waals surface area contributed by atoms with Gasteiger partial charge in [-0.05, 0) is 43.3 Å². The fourth-order valence-electron chi connectivity index (χ4n) is 3.97. The molecule has 6 nitrogen and oxygen atoms in total. The Hall–Kier alpha value is -2.57. The number of hydrogen-bond donors (Lipinski definition) is 1. The number of nitrogens with zero attached hydrogens (tertiary/aromatic N) is 4. The van der Waals surface area contributed by atoms with Gasteiger partial charge in [0.05, 0.1) is 12.3 Å². The summed E-state index contributed by atoms with van der Waals surface area (Å²) in [6.45, 7) is 3.60. The van der Waals surface area contributed by atoms with E-state index in [1.54, 1.807) is 0 Å². The van der Waals surface area contributed by atoms with Gasteiger partial charge < -0.3 is 9.64 Å². The van der Waals surface area contributed by atoms with Crippen molar-refractivity contribution in [1.82, 2.24) is 20.1 Å². The standard InChI is InChI=1S/C23H28ClN5O/c1-28(2)23-18(5-4-10-25-23)16-29-11-8-17(15-29)22-14-20(26-27-22)9-12-30-21-7-3-6-19(24)13-21/h3-7,10,13-14,17H,8-9,11-12,15-16H2,1-2H3,(H,26,27). The normalized spacial score (nSPS) is 16.7. The van der Waals surface area contributed by atoms with Gasteiger partial charge in [0.15, 0.2) is 0 Å². The fourth-order valence-corrected chi connectivity index (χ4v) is 4.15. The SMILES string of the molecule is CN(C)c1ncccc1CN1CCC(c2cc(CCOc3cccc(Cl)c3)[nH]n2)C1. The van der Waals surface area contributed by atoms with Gasteiger partial charge in [0.2, 0.25) is 0 Å². The van der Waals surface area contributed by atoms with Crippen LogP contribution in [0.15, 0.2) is 48.7 Å². The summed E-state index contributed by atoms with van der Waals surface area (Å²) in [7, 11) is 4.08. The topological polar surface area (TPSA) is 57.3 Å². The third-order valence-corrected chi connectivity index (χ3v) is 5.70. The third kappa shape index (κ3) is 5.12. The lowest BCUT2D eigenvalue weighted by atomic mass is 10.0. The van der Waals surface area contributed by atoms with Crippen LogP contribution < -0.4 is 9.64 Å². The lowest BCUT2D eigenvalue weighted by Gasteiger charge is -2.20. The minimum Gasteiger partial charge on any atom is -0.493 e. The smallest absolute Gasteiger partial charge is 0.132 e. The number of aromatic amines is 1. The molecule has 4 rings (SSSR count). The molecule has 1 fully saturated rings. The summed E-state index contributed by atoms with van der Waals surface area (Å²) in [6.07, 6.45) is 3.77. The molecule has 2 aromatic heterocycles. The molecule has 1 aromatic carbocycles. The van der Waals surface area contributed by atoms with Crippen LogP contribution in [0.2, 0.25) is 5.02 Å². The van der Waals surface area contributed by atoms with Crippen LogP contribution >= 0.6 is 11.6 Å². The van der Waals surface area contributed by atoms with Crippen LogP contribution in [0.3, 0.4) is 0 Å². The Labute approximate surface area is 182 Å². The number of rotatable bonds is 8. The number of H-pyrrole nitrogens is 1. The number of anilines is 1. The second-order valence-electron chi connectivity index (χ2n) is 7.98. The van der Waals surface area contributed by atoms with Crippen LogP contribution in [-0.4, -0.2) is 53.9 Å². The third-order valence-electron chi connectivity index (χ3n) is 5.46. The lowest BCUT2D eigenvalue weighted by molar-refractivity contribution is 0.320. The van der Waals surface area contributed by atoms with Gasteiger partial charge in [-0.1, -0.05) is 23.7 Å². The van der Waals surface area contributed by atoms with E-state index in [2.05, 4.69) is 37.1 Å². The van der Waals surface area contributed by atoms with Crippen LogP contribution in [0.5, 0.6) is 5.75 Å². The van der Waals surface area contributed by atoms with E-state index in [9.17, 15) is 0 Å². The minimum atomic E-state index is 0.461. The Kier molecular flexibility index (Phi) is 6.55. The molecule has 158 valence electrons. The predicted molar refractivity (Wildman–Crippen MR) is 120 cm³/mol. The maximum Gasteiger partial charge on any atom is 0.132 e. The molecule has 0 bridgehead atoms. The molecule has 3 aromatic rings. The maximum absolute atomic E-state index is 6.00. The summed E-state index contributed by atoms with van der Waals surface area (Å²) in [4.78, 5) is 9.09. The lowest BCUT2D eigenvalue weighted by Crippen LogP contribution is -2.22. The summed E-state index contributed by atoms with van der Waals surface area (Å²) in [6, 6.07) is 13.9. The number of pyridine rings is 1. The van der Waals surface area contributed by atoms with Crippen molar-refractivity contribution in [2.24, 2.45) is 0 Å². The molecule has 0 spiro atoms. The Morgan fingerprint density at radius 3 is 2.97 bits per heavy atom. The molecular formula is C23H28ClN5O. The molecule has 3 heterocycles. The summed E-state index contributed by atoms with van der Waals surface area (Å²) in [5.74, 6) is 2.30. The molecule has 1 atom stereocenters. The second-order valence-corrected chi connectivity index (χ2v) is 8.41. The van der Waals surface area contributed by atoms with Crippen molar-refractivity contribution in [3.05, 3.63) is 70.6 Å². The van der Waals surface area contributed by atoms with Gasteiger partial charge >= 0.3 is 0 Å². The summed E-state index contributed by atoms with van der Waals surface area (Å²) in [5, 5.41) is 8.44. The van der Waals surface area contributed by atoms with E-state index in [1.165, 1.54) is 5.56 Å².